The van der Waals surface area contributed by atoms with E-state index in [0.29, 0.717) is 6.42 Å². The third-order valence-corrected chi connectivity index (χ3v) is 1.52. The normalized spacial score (nSPS) is 9.67. The van der Waals surface area contributed by atoms with Gasteiger partial charge in [-0.3, -0.25) is 0 Å². The highest BCUT2D eigenvalue weighted by Crippen LogP contribution is 1.90. The van der Waals surface area contributed by atoms with Crippen molar-refractivity contribution in [3.05, 3.63) is 0 Å². The summed E-state index contributed by atoms with van der Waals surface area (Å²) in [6.07, 6.45) is 2.75. The summed E-state index contributed by atoms with van der Waals surface area (Å²) in [5.41, 5.74) is 0. The third kappa shape index (κ3) is 9.41. The highest BCUT2D eigenvalue weighted by molar-refractivity contribution is 4.68. The van der Waals surface area contributed by atoms with Gasteiger partial charge in [-0.15, -0.1) is 0 Å². The van der Waals surface area contributed by atoms with Gasteiger partial charge < -0.3 is 10.1 Å². The van der Waals surface area contributed by atoms with Gasteiger partial charge in [-0.1, -0.05) is 0 Å². The molecule has 0 saturated carbocycles. The van der Waals surface area contributed by atoms with Crippen molar-refractivity contribution in [1.82, 2.24) is 5.32 Å². The summed E-state index contributed by atoms with van der Waals surface area (Å²) in [5, 5.41) is 11.5. The second kappa shape index (κ2) is 10.4. The lowest BCUT2D eigenvalue weighted by Crippen LogP contribution is -2.20. The average Bonchev–Trinajstić information content (AvgIpc) is 2.10. The van der Waals surface area contributed by atoms with Crippen molar-refractivity contribution in [2.75, 3.05) is 26.3 Å². The van der Waals surface area contributed by atoms with E-state index in [1.165, 1.54) is 0 Å². The molecule has 0 aromatic heterocycles. The van der Waals surface area contributed by atoms with E-state index >= 15 is 0 Å². The molecule has 0 fully saturated rings. The van der Waals surface area contributed by atoms with Gasteiger partial charge in [0.15, 0.2) is 0 Å². The lowest BCUT2D eigenvalue weighted by molar-refractivity contribution is 0.149. The zero-order valence-electron chi connectivity index (χ0n) is 7.81. The Balaban J connectivity index is 2.78. The predicted molar refractivity (Wildman–Crippen MR) is 48.8 cm³/mol. The van der Waals surface area contributed by atoms with Crippen LogP contribution in [-0.4, -0.2) is 26.3 Å². The molecule has 0 saturated heterocycles. The topological polar surface area (TPSA) is 45.0 Å². The highest BCUT2D eigenvalue weighted by Gasteiger charge is 1.88. The van der Waals surface area contributed by atoms with Crippen molar-refractivity contribution in [2.45, 2.75) is 26.2 Å². The van der Waals surface area contributed by atoms with E-state index < -0.39 is 0 Å². The minimum absolute atomic E-state index is 0.674. The van der Waals surface area contributed by atoms with Crippen LogP contribution in [0.5, 0.6) is 0 Å². The first kappa shape index (κ1) is 11.4. The number of hydrogen-bond acceptors (Lipinski definition) is 3. The molecule has 0 rings (SSSR count). The number of ether oxygens (including phenoxy) is 1. The fraction of sp³-hybridized carbons (Fsp3) is 0.889. The fourth-order valence-electron chi connectivity index (χ4n) is 0.868. The van der Waals surface area contributed by atoms with Crippen LogP contribution in [-0.2, 0) is 4.74 Å². The van der Waals surface area contributed by atoms with Gasteiger partial charge in [0, 0.05) is 19.6 Å². The first-order valence-electron chi connectivity index (χ1n) is 4.57. The molecule has 0 amide bonds. The number of nitriles is 1. The molecule has 0 unspecified atom stereocenters. The van der Waals surface area contributed by atoms with E-state index in [9.17, 15) is 0 Å². The van der Waals surface area contributed by atoms with Crippen LogP contribution in [0, 0.1) is 11.3 Å². The van der Waals surface area contributed by atoms with Gasteiger partial charge in [-0.25, -0.2) is 0 Å². The van der Waals surface area contributed by atoms with Crippen molar-refractivity contribution >= 4 is 0 Å². The zero-order valence-corrected chi connectivity index (χ0v) is 7.81. The van der Waals surface area contributed by atoms with E-state index in [4.69, 9.17) is 10.00 Å². The molecule has 0 aromatic carbocycles. The Morgan fingerprint density at radius 1 is 1.33 bits per heavy atom. The largest absolute Gasteiger partial charge is 0.380 e. The molecule has 0 spiro atoms. The fourth-order valence-corrected chi connectivity index (χ4v) is 0.868. The van der Waals surface area contributed by atoms with Crippen LogP contribution < -0.4 is 5.32 Å². The first-order chi connectivity index (χ1) is 5.91. The highest BCUT2D eigenvalue weighted by atomic mass is 16.5. The predicted octanol–water partition coefficient (Wildman–Crippen LogP) is 1.31. The molecule has 1 N–H and O–H groups in total. The standard InChI is InChI=1S/C9H18N2O/c1-2-12-9-8-11-7-5-3-4-6-10/h11H,2-5,7-9H2,1H3. The Hall–Kier alpha value is -0.590. The first-order valence-corrected chi connectivity index (χ1v) is 4.57. The van der Waals surface area contributed by atoms with Gasteiger partial charge in [-0.2, -0.15) is 5.26 Å². The maximum atomic E-state index is 8.25. The maximum Gasteiger partial charge on any atom is 0.0621 e. The molecule has 0 aliphatic carbocycles. The van der Waals surface area contributed by atoms with Gasteiger partial charge in [0.2, 0.25) is 0 Å². The van der Waals surface area contributed by atoms with Crippen molar-refractivity contribution in [3.63, 3.8) is 0 Å². The summed E-state index contributed by atoms with van der Waals surface area (Å²) in [7, 11) is 0. The number of unbranched alkanes of at least 4 members (excludes halogenated alkanes) is 2. The molecular formula is C9H18N2O. The van der Waals surface area contributed by atoms with Crippen molar-refractivity contribution in [2.24, 2.45) is 0 Å². The van der Waals surface area contributed by atoms with Crippen molar-refractivity contribution < 1.29 is 4.74 Å². The second-order valence-electron chi connectivity index (χ2n) is 2.56. The van der Waals surface area contributed by atoms with Crippen LogP contribution in [0.15, 0.2) is 0 Å². The van der Waals surface area contributed by atoms with E-state index in [2.05, 4.69) is 11.4 Å². The molecule has 0 aromatic rings. The minimum Gasteiger partial charge on any atom is -0.380 e. The average molecular weight is 170 g/mol. The second-order valence-corrected chi connectivity index (χ2v) is 2.56. The van der Waals surface area contributed by atoms with Crippen LogP contribution in [0.3, 0.4) is 0 Å². The van der Waals surface area contributed by atoms with Crippen LogP contribution in [0.25, 0.3) is 0 Å². The SMILES string of the molecule is CCOCCNCCCCC#N. The Morgan fingerprint density at radius 2 is 2.17 bits per heavy atom. The molecule has 0 heterocycles. The lowest BCUT2D eigenvalue weighted by atomic mass is 10.2. The van der Waals surface area contributed by atoms with E-state index in [1.54, 1.807) is 0 Å². The van der Waals surface area contributed by atoms with Crippen LogP contribution in [0.4, 0.5) is 0 Å². The Labute approximate surface area is 74.7 Å². The monoisotopic (exact) mass is 170 g/mol. The van der Waals surface area contributed by atoms with Crippen LogP contribution in [0.1, 0.15) is 26.2 Å². The van der Waals surface area contributed by atoms with Gasteiger partial charge in [0.25, 0.3) is 0 Å². The summed E-state index contributed by atoms with van der Waals surface area (Å²) < 4.78 is 5.15. The molecule has 3 nitrogen and oxygen atoms in total. The van der Waals surface area contributed by atoms with Gasteiger partial charge in [-0.05, 0) is 26.3 Å². The Bertz CT molecular complexity index is 120. The van der Waals surface area contributed by atoms with Crippen LogP contribution >= 0.6 is 0 Å². The molecule has 0 aliphatic heterocycles. The van der Waals surface area contributed by atoms with Gasteiger partial charge in [0.05, 0.1) is 12.7 Å². The molecule has 0 bridgehead atoms. The van der Waals surface area contributed by atoms with Crippen LogP contribution in [0.2, 0.25) is 0 Å². The maximum absolute atomic E-state index is 8.25. The molecule has 0 atom stereocenters. The summed E-state index contributed by atoms with van der Waals surface area (Å²) >= 11 is 0. The lowest BCUT2D eigenvalue weighted by Gasteiger charge is -2.02. The summed E-state index contributed by atoms with van der Waals surface area (Å²) in [6.45, 7) is 5.48. The zero-order chi connectivity index (χ0) is 9.07. The number of nitrogens with one attached hydrogen (secondary N) is 1. The van der Waals surface area contributed by atoms with Crippen molar-refractivity contribution in [3.8, 4) is 6.07 Å². The summed E-state index contributed by atoms with van der Waals surface area (Å²) in [5.74, 6) is 0. The summed E-state index contributed by atoms with van der Waals surface area (Å²) in [4.78, 5) is 0. The molecule has 0 radical (unpaired) electrons. The Morgan fingerprint density at radius 3 is 2.83 bits per heavy atom. The summed E-state index contributed by atoms with van der Waals surface area (Å²) in [6, 6.07) is 2.13. The Kier molecular flexibility index (Phi) is 9.90. The minimum atomic E-state index is 0.674. The van der Waals surface area contributed by atoms with Crippen molar-refractivity contribution in [1.29, 1.82) is 5.26 Å². The molecule has 12 heavy (non-hydrogen) atoms. The molecular weight excluding hydrogens is 152 g/mol. The molecule has 3 heteroatoms. The van der Waals surface area contributed by atoms with E-state index in [1.807, 2.05) is 6.92 Å². The van der Waals surface area contributed by atoms with E-state index in [0.717, 1.165) is 39.1 Å². The van der Waals surface area contributed by atoms with Gasteiger partial charge in [0.1, 0.15) is 0 Å². The molecule has 70 valence electrons. The number of hydrogen-bond donors (Lipinski definition) is 1. The smallest absolute Gasteiger partial charge is 0.0621 e. The number of rotatable bonds is 8. The number of nitrogens with zero attached hydrogens (tertiary/aromatic N) is 1. The molecule has 0 aliphatic rings. The third-order valence-electron chi connectivity index (χ3n) is 1.52. The van der Waals surface area contributed by atoms with E-state index in [-0.39, 0.29) is 0 Å². The van der Waals surface area contributed by atoms with Gasteiger partial charge >= 0.3 is 0 Å². The quantitative estimate of drug-likeness (QED) is 0.558.